The van der Waals surface area contributed by atoms with Crippen molar-refractivity contribution in [1.29, 1.82) is 0 Å². The molecule has 0 radical (unpaired) electrons. The maximum atomic E-state index is 12.3. The van der Waals surface area contributed by atoms with Crippen LogP contribution in [0.3, 0.4) is 0 Å². The number of carbonyl (C=O) groups excluding carboxylic acids is 2. The summed E-state index contributed by atoms with van der Waals surface area (Å²) in [5.41, 5.74) is 5.48. The largest absolute Gasteiger partial charge is 0.508 e. The van der Waals surface area contributed by atoms with Crippen molar-refractivity contribution >= 4 is 29.7 Å². The van der Waals surface area contributed by atoms with Gasteiger partial charge in [-0.2, -0.15) is 0 Å². The number of hydrogen-bond donors (Lipinski definition) is 2. The summed E-state index contributed by atoms with van der Waals surface area (Å²) in [6.45, 7) is 20.8. The highest BCUT2D eigenvalue weighted by Gasteiger charge is 2.35. The van der Waals surface area contributed by atoms with Crippen LogP contribution in [-0.4, -0.2) is 51.3 Å². The topological polar surface area (TPSA) is 110 Å². The average Bonchev–Trinajstić information content (AvgIpc) is 3.40. The number of carbonyl (C=O) groups is 3. The van der Waals surface area contributed by atoms with Gasteiger partial charge in [0.1, 0.15) is 18.5 Å². The van der Waals surface area contributed by atoms with Crippen LogP contribution >= 0.6 is 11.8 Å². The SMILES string of the molecule is C=C/C=C(\C)C(=C)O.CC.Cc1ccc(C(=O)O)cc1.Cc1ccc(C(=O)OC[C@H]2C[C@H](OC(=O)c3ccc(C)cc3)C(C)S2)cc1. The monoisotopic (exact) mass is 660 g/mol. The molecule has 47 heavy (non-hydrogen) atoms. The van der Waals surface area contributed by atoms with Gasteiger partial charge in [0.15, 0.2) is 0 Å². The first-order chi connectivity index (χ1) is 22.3. The molecule has 4 rings (SSSR count). The van der Waals surface area contributed by atoms with E-state index in [9.17, 15) is 14.4 Å². The van der Waals surface area contributed by atoms with Crippen LogP contribution < -0.4 is 0 Å². The minimum absolute atomic E-state index is 0.102. The Morgan fingerprint density at radius 3 is 1.62 bits per heavy atom. The van der Waals surface area contributed by atoms with Crippen molar-refractivity contribution in [3.8, 4) is 0 Å². The third-order valence-electron chi connectivity index (χ3n) is 6.78. The number of carboxylic acid groups (broad SMARTS) is 1. The third-order valence-corrected chi connectivity index (χ3v) is 8.23. The Labute approximate surface area is 284 Å². The highest BCUT2D eigenvalue weighted by molar-refractivity contribution is 8.00. The number of benzene rings is 3. The Bertz CT molecular complexity index is 1470. The number of aliphatic hydroxyl groups is 1. The average molecular weight is 661 g/mol. The van der Waals surface area contributed by atoms with Gasteiger partial charge in [0, 0.05) is 16.9 Å². The number of aryl methyl sites for hydroxylation is 3. The summed E-state index contributed by atoms with van der Waals surface area (Å²) in [5, 5.41) is 17.4. The van der Waals surface area contributed by atoms with E-state index in [1.165, 1.54) is 0 Å². The van der Waals surface area contributed by atoms with E-state index in [1.54, 1.807) is 79.4 Å². The first-order valence-electron chi connectivity index (χ1n) is 15.4. The lowest BCUT2D eigenvalue weighted by Gasteiger charge is -2.15. The number of esters is 2. The van der Waals surface area contributed by atoms with Gasteiger partial charge in [0.05, 0.1) is 16.7 Å². The van der Waals surface area contributed by atoms with Crippen molar-refractivity contribution < 1.29 is 34.1 Å². The Balaban J connectivity index is 0.000000452. The molecule has 252 valence electrons. The van der Waals surface area contributed by atoms with Gasteiger partial charge >= 0.3 is 17.9 Å². The minimum atomic E-state index is -0.875. The lowest BCUT2D eigenvalue weighted by atomic mass is 10.1. The summed E-state index contributed by atoms with van der Waals surface area (Å²) in [7, 11) is 0. The molecule has 7 nitrogen and oxygen atoms in total. The van der Waals surface area contributed by atoms with Crippen molar-refractivity contribution in [3.63, 3.8) is 0 Å². The van der Waals surface area contributed by atoms with E-state index in [1.807, 2.05) is 65.8 Å². The lowest BCUT2D eigenvalue weighted by molar-refractivity contribution is 0.0277. The molecular weight excluding hydrogens is 612 g/mol. The standard InChI is InChI=1S/C22H24O4S.C8H8O2.C7H10O.C2H6/c1-14-4-8-17(9-5-14)21(23)25-13-19-12-20(16(3)27-19)26-22(24)18-10-6-15(2)7-11-18;1-6-2-4-7(5-3-6)8(9)10;1-4-5-6(2)7(3)8;1-2/h4-11,16,19-20H,12-13H2,1-3H3;2-5H,1H3,(H,9,10);4-5,8H,1,3H2,2H3;1-2H3/b;;6-5+;/t16?,19-,20+;;;/m1.../s1. The van der Waals surface area contributed by atoms with Crippen LogP contribution in [0.4, 0.5) is 0 Å². The van der Waals surface area contributed by atoms with Gasteiger partial charge in [0.2, 0.25) is 0 Å². The molecule has 0 amide bonds. The molecule has 1 unspecified atom stereocenters. The second-order valence-corrected chi connectivity index (χ2v) is 12.4. The molecule has 0 aliphatic carbocycles. The first-order valence-corrected chi connectivity index (χ1v) is 16.4. The van der Waals surface area contributed by atoms with E-state index >= 15 is 0 Å². The molecular formula is C39H48O7S. The van der Waals surface area contributed by atoms with Crippen molar-refractivity contribution in [2.75, 3.05) is 6.61 Å². The Kier molecular flexibility index (Phi) is 18.3. The van der Waals surface area contributed by atoms with Gasteiger partial charge in [-0.3, -0.25) is 0 Å². The van der Waals surface area contributed by atoms with E-state index in [4.69, 9.17) is 19.7 Å². The lowest BCUT2D eigenvalue weighted by Crippen LogP contribution is -2.24. The fraction of sp³-hybridized carbons (Fsp3) is 0.308. The Hall–Kier alpha value is -4.56. The zero-order valence-corrected chi connectivity index (χ0v) is 29.3. The molecule has 0 saturated carbocycles. The van der Waals surface area contributed by atoms with Gasteiger partial charge in [0.25, 0.3) is 0 Å². The number of aliphatic hydroxyl groups excluding tert-OH is 1. The quantitative estimate of drug-likeness (QED) is 0.140. The number of allylic oxidation sites excluding steroid dienone is 3. The van der Waals surface area contributed by atoms with Gasteiger partial charge < -0.3 is 19.7 Å². The van der Waals surface area contributed by atoms with Crippen LogP contribution in [0.5, 0.6) is 0 Å². The first kappa shape index (κ1) is 40.5. The molecule has 1 aliphatic rings. The molecule has 1 aliphatic heterocycles. The van der Waals surface area contributed by atoms with Crippen LogP contribution in [0, 0.1) is 20.8 Å². The maximum absolute atomic E-state index is 12.3. The van der Waals surface area contributed by atoms with E-state index in [0.29, 0.717) is 29.7 Å². The number of carboxylic acids is 1. The number of hydrogen-bond acceptors (Lipinski definition) is 7. The predicted octanol–water partition coefficient (Wildman–Crippen LogP) is 9.49. The predicted molar refractivity (Wildman–Crippen MR) is 193 cm³/mol. The smallest absolute Gasteiger partial charge is 0.338 e. The van der Waals surface area contributed by atoms with Gasteiger partial charge in [-0.15, -0.1) is 11.8 Å². The maximum Gasteiger partial charge on any atom is 0.338 e. The summed E-state index contributed by atoms with van der Waals surface area (Å²) in [6, 6.07) is 21.4. The summed E-state index contributed by atoms with van der Waals surface area (Å²) in [5.74, 6) is -1.39. The molecule has 0 aromatic heterocycles. The van der Waals surface area contributed by atoms with E-state index in [2.05, 4.69) is 13.2 Å². The molecule has 0 bridgehead atoms. The van der Waals surface area contributed by atoms with E-state index in [0.717, 1.165) is 22.3 Å². The van der Waals surface area contributed by atoms with Gasteiger partial charge in [-0.1, -0.05) is 92.2 Å². The van der Waals surface area contributed by atoms with Crippen molar-refractivity contribution in [2.45, 2.75) is 71.5 Å². The van der Waals surface area contributed by atoms with Gasteiger partial charge in [-0.05, 0) is 76.6 Å². The second-order valence-electron chi connectivity index (χ2n) is 10.7. The molecule has 1 heterocycles. The van der Waals surface area contributed by atoms with Crippen LogP contribution in [-0.2, 0) is 9.47 Å². The fourth-order valence-electron chi connectivity index (χ4n) is 3.95. The molecule has 8 heteroatoms. The summed E-state index contributed by atoms with van der Waals surface area (Å²) < 4.78 is 11.1. The Morgan fingerprint density at radius 2 is 1.23 bits per heavy atom. The molecule has 1 fully saturated rings. The zero-order valence-electron chi connectivity index (χ0n) is 28.5. The summed E-state index contributed by atoms with van der Waals surface area (Å²) in [6.07, 6.45) is 3.82. The van der Waals surface area contributed by atoms with Crippen LogP contribution in [0.15, 0.2) is 109 Å². The van der Waals surface area contributed by atoms with Crippen molar-refractivity contribution in [3.05, 3.63) is 143 Å². The van der Waals surface area contributed by atoms with E-state index in [-0.39, 0.29) is 34.3 Å². The van der Waals surface area contributed by atoms with Gasteiger partial charge in [-0.25, -0.2) is 14.4 Å². The normalized spacial score (nSPS) is 16.4. The summed E-state index contributed by atoms with van der Waals surface area (Å²) in [4.78, 5) is 34.8. The highest BCUT2D eigenvalue weighted by Crippen LogP contribution is 2.36. The fourth-order valence-corrected chi connectivity index (χ4v) is 5.35. The molecule has 0 spiro atoms. The zero-order chi connectivity index (χ0) is 35.5. The highest BCUT2D eigenvalue weighted by atomic mass is 32.2. The number of ether oxygens (including phenoxy) is 2. The third kappa shape index (κ3) is 15.1. The molecule has 1 saturated heterocycles. The number of thioether (sulfide) groups is 1. The van der Waals surface area contributed by atoms with Crippen molar-refractivity contribution in [2.24, 2.45) is 0 Å². The van der Waals surface area contributed by atoms with E-state index < -0.39 is 5.97 Å². The van der Waals surface area contributed by atoms with Crippen LogP contribution in [0.25, 0.3) is 0 Å². The molecule has 3 atom stereocenters. The summed E-state index contributed by atoms with van der Waals surface area (Å²) >= 11 is 1.70. The van der Waals surface area contributed by atoms with Crippen LogP contribution in [0.1, 0.15) is 81.9 Å². The van der Waals surface area contributed by atoms with Crippen LogP contribution in [0.2, 0.25) is 0 Å². The van der Waals surface area contributed by atoms with Crippen molar-refractivity contribution in [1.82, 2.24) is 0 Å². The number of rotatable bonds is 8. The number of aromatic carboxylic acids is 1. The molecule has 2 N–H and O–H groups in total. The molecule has 3 aromatic carbocycles. The minimum Gasteiger partial charge on any atom is -0.508 e. The second kappa shape index (κ2) is 21.3. The Morgan fingerprint density at radius 1 is 0.809 bits per heavy atom. The molecule has 3 aromatic rings.